The number of esters is 2. The average molecular weight is 736 g/mol. The maximum atomic E-state index is 13.3. The molecule has 5 atom stereocenters. The minimum atomic E-state index is -5.44. The second kappa shape index (κ2) is 16.0. The first kappa shape index (κ1) is 38.3. The summed E-state index contributed by atoms with van der Waals surface area (Å²) in [5, 5.41) is 25.8. The highest BCUT2D eigenvalue weighted by atomic mass is 31.3. The van der Waals surface area contributed by atoms with Crippen molar-refractivity contribution in [2.45, 2.75) is 58.8 Å². The largest absolute Gasteiger partial charge is 0.489 e. The van der Waals surface area contributed by atoms with Crippen LogP contribution in [0.1, 0.15) is 39.6 Å². The van der Waals surface area contributed by atoms with Gasteiger partial charge in [0.2, 0.25) is 13.6 Å². The van der Waals surface area contributed by atoms with Crippen LogP contribution in [0.4, 0.5) is 0 Å². The molecule has 1 saturated heterocycles. The van der Waals surface area contributed by atoms with Crippen molar-refractivity contribution in [2.75, 3.05) is 20.2 Å². The molecule has 20 nitrogen and oxygen atoms in total. The van der Waals surface area contributed by atoms with Crippen LogP contribution in [0.2, 0.25) is 0 Å². The van der Waals surface area contributed by atoms with Gasteiger partial charge < -0.3 is 33.8 Å². The van der Waals surface area contributed by atoms with Crippen LogP contribution >= 0.6 is 15.6 Å². The lowest BCUT2D eigenvalue weighted by Gasteiger charge is -2.22. The summed E-state index contributed by atoms with van der Waals surface area (Å²) >= 11 is 0. The number of aromatic nitrogens is 3. The minimum Gasteiger partial charge on any atom is -0.438 e. The molecule has 49 heavy (non-hydrogen) atoms. The van der Waals surface area contributed by atoms with Crippen molar-refractivity contribution in [3.8, 4) is 0 Å². The van der Waals surface area contributed by atoms with E-state index < -0.39 is 95.4 Å². The monoisotopic (exact) mass is 735 g/mol. The Bertz CT molecular complexity index is 1820. The van der Waals surface area contributed by atoms with Gasteiger partial charge in [0.25, 0.3) is 5.56 Å². The van der Waals surface area contributed by atoms with Crippen LogP contribution < -0.4 is 11.2 Å². The molecule has 0 bridgehead atoms. The first-order valence-corrected chi connectivity index (χ1v) is 17.6. The molecular weight excluding hydrogens is 700 g/mol. The highest BCUT2D eigenvalue weighted by molar-refractivity contribution is 7.61. The van der Waals surface area contributed by atoms with Crippen molar-refractivity contribution >= 4 is 38.6 Å². The van der Waals surface area contributed by atoms with Crippen LogP contribution in [0.25, 0.3) is 11.0 Å². The van der Waals surface area contributed by atoms with E-state index in [9.17, 15) is 43.4 Å². The zero-order chi connectivity index (χ0) is 36.1. The van der Waals surface area contributed by atoms with Gasteiger partial charge in [0.15, 0.2) is 11.8 Å². The van der Waals surface area contributed by atoms with Crippen molar-refractivity contribution in [1.29, 1.82) is 0 Å². The van der Waals surface area contributed by atoms with E-state index in [0.717, 1.165) is 21.4 Å². The third-order valence-electron chi connectivity index (χ3n) is 6.84. The lowest BCUT2D eigenvalue weighted by Crippen LogP contribution is -2.43. The number of hydrogen-bond donors (Lipinski definition) is 3. The predicted octanol–water partition coefficient (Wildman–Crippen LogP) is 1.41. The Kier molecular flexibility index (Phi) is 12.5. The van der Waals surface area contributed by atoms with Gasteiger partial charge in [0, 0.05) is 17.6 Å². The maximum absolute atomic E-state index is 13.3. The van der Waals surface area contributed by atoms with Gasteiger partial charge in [-0.25, -0.2) is 23.0 Å². The predicted molar refractivity (Wildman–Crippen MR) is 162 cm³/mol. The third-order valence-corrected chi connectivity index (χ3v) is 9.78. The molecule has 1 aliphatic rings. The number of aliphatic hydroxyl groups is 2. The molecule has 270 valence electrons. The van der Waals surface area contributed by atoms with Crippen LogP contribution in [0.15, 0.2) is 50.6 Å². The summed E-state index contributed by atoms with van der Waals surface area (Å²) in [6.07, 6.45) is -5.80. The molecule has 3 N–H and O–H groups in total. The Morgan fingerprint density at radius 1 is 0.939 bits per heavy atom. The number of phosphoric ester groups is 2. The molecule has 0 aliphatic carbocycles. The fraction of sp³-hybridized carbons (Fsp3) is 0.519. The van der Waals surface area contributed by atoms with E-state index in [2.05, 4.69) is 9.47 Å². The fourth-order valence-electron chi connectivity index (χ4n) is 4.20. The highest BCUT2D eigenvalue weighted by Gasteiger charge is 2.47. The summed E-state index contributed by atoms with van der Waals surface area (Å²) in [6, 6.07) is 7.77. The summed E-state index contributed by atoms with van der Waals surface area (Å²) in [6.45, 7) is 2.54. The SMILES string of the molecule is CC(C)C(=O)OCOP(=O)(OCOC(=O)C(C)C)OP(=O)(O)OC[C@H]1O[C@@H](n2ccc(=O)n(Cc3noc4ccccc34)c2=O)[C@H](O)[C@@H]1O. The van der Waals surface area contributed by atoms with E-state index in [0.29, 0.717) is 11.0 Å². The Hall–Kier alpha value is -3.55. The number of ether oxygens (including phenoxy) is 3. The number of para-hydroxylation sites is 1. The zero-order valence-corrected chi connectivity index (χ0v) is 28.3. The number of phosphoric acid groups is 2. The molecule has 0 amide bonds. The number of nitrogens with zero attached hydrogens (tertiary/aromatic N) is 3. The fourth-order valence-corrected chi connectivity index (χ4v) is 6.55. The zero-order valence-electron chi connectivity index (χ0n) is 26.5. The Balaban J connectivity index is 1.44. The molecule has 2 aromatic heterocycles. The van der Waals surface area contributed by atoms with Crippen LogP contribution in [0, 0.1) is 11.8 Å². The van der Waals surface area contributed by atoms with E-state index in [1.54, 1.807) is 24.3 Å². The topological polar surface area (TPSA) is 264 Å². The average Bonchev–Trinajstić information content (AvgIpc) is 3.57. The molecule has 22 heteroatoms. The summed E-state index contributed by atoms with van der Waals surface area (Å²) in [4.78, 5) is 59.7. The van der Waals surface area contributed by atoms with Crippen molar-refractivity contribution in [3.05, 3.63) is 63.1 Å². The van der Waals surface area contributed by atoms with Crippen LogP contribution in [-0.4, -0.2) is 79.8 Å². The smallest absolute Gasteiger partial charge is 0.438 e. The number of hydrogen-bond acceptors (Lipinski definition) is 17. The number of aliphatic hydroxyl groups excluding tert-OH is 2. The molecular formula is C27H35N3O17P2. The molecule has 1 aliphatic heterocycles. The Morgan fingerprint density at radius 3 is 2.16 bits per heavy atom. The van der Waals surface area contributed by atoms with Gasteiger partial charge in [-0.2, -0.15) is 4.31 Å². The van der Waals surface area contributed by atoms with Gasteiger partial charge >= 0.3 is 33.3 Å². The molecule has 3 heterocycles. The lowest BCUT2D eigenvalue weighted by atomic mass is 10.1. The highest BCUT2D eigenvalue weighted by Crippen LogP contribution is 2.63. The number of carbonyl (C=O) groups is 2. The third kappa shape index (κ3) is 9.58. The van der Waals surface area contributed by atoms with Gasteiger partial charge in [-0.3, -0.25) is 28.0 Å². The van der Waals surface area contributed by atoms with E-state index in [1.807, 2.05) is 0 Å². The summed E-state index contributed by atoms with van der Waals surface area (Å²) in [7, 11) is -10.6. The van der Waals surface area contributed by atoms with Crippen molar-refractivity contribution in [3.63, 3.8) is 0 Å². The Labute approximate surface area is 277 Å². The molecule has 1 aromatic carbocycles. The minimum absolute atomic E-state index is 0.270. The van der Waals surface area contributed by atoms with Crippen LogP contribution in [0.3, 0.4) is 0 Å². The van der Waals surface area contributed by atoms with E-state index in [-0.39, 0.29) is 12.2 Å². The van der Waals surface area contributed by atoms with Gasteiger partial charge in [-0.1, -0.05) is 45.0 Å². The Morgan fingerprint density at radius 2 is 1.55 bits per heavy atom. The molecule has 0 radical (unpaired) electrons. The second-order valence-electron chi connectivity index (χ2n) is 11.1. The van der Waals surface area contributed by atoms with Crippen molar-refractivity contribution < 1.29 is 70.4 Å². The van der Waals surface area contributed by atoms with Crippen molar-refractivity contribution in [1.82, 2.24) is 14.3 Å². The second-order valence-corrected chi connectivity index (χ2v) is 14.4. The molecule has 0 saturated carbocycles. The number of carbonyl (C=O) groups excluding carboxylic acids is 2. The maximum Gasteiger partial charge on any atom is 0.489 e. The van der Waals surface area contributed by atoms with Gasteiger partial charge in [-0.05, 0) is 12.1 Å². The van der Waals surface area contributed by atoms with Crippen LogP contribution in [-0.2, 0) is 57.4 Å². The van der Waals surface area contributed by atoms with E-state index in [4.69, 9.17) is 32.3 Å². The van der Waals surface area contributed by atoms with E-state index >= 15 is 0 Å². The number of benzene rings is 1. The van der Waals surface area contributed by atoms with Gasteiger partial charge in [0.1, 0.15) is 24.0 Å². The summed E-state index contributed by atoms with van der Waals surface area (Å²) < 4.78 is 66.7. The van der Waals surface area contributed by atoms with Crippen LogP contribution in [0.5, 0.6) is 0 Å². The first-order chi connectivity index (χ1) is 23.0. The molecule has 1 fully saturated rings. The van der Waals surface area contributed by atoms with Gasteiger partial charge in [0.05, 0.1) is 25.0 Å². The first-order valence-electron chi connectivity index (χ1n) is 14.6. The lowest BCUT2D eigenvalue weighted by molar-refractivity contribution is -0.157. The normalized spacial score (nSPS) is 20.9. The summed E-state index contributed by atoms with van der Waals surface area (Å²) in [5.74, 6) is -2.81. The van der Waals surface area contributed by atoms with E-state index in [1.165, 1.54) is 27.7 Å². The number of rotatable bonds is 16. The summed E-state index contributed by atoms with van der Waals surface area (Å²) in [5.41, 5.74) is -0.982. The van der Waals surface area contributed by atoms with Gasteiger partial charge in [-0.15, -0.1) is 0 Å². The van der Waals surface area contributed by atoms with Crippen molar-refractivity contribution in [2.24, 2.45) is 11.8 Å². The quantitative estimate of drug-likeness (QED) is 0.107. The molecule has 4 rings (SSSR count). The standard InChI is InChI=1S/C27H35N3O17P2/c1-15(2)25(34)40-13-43-49(39,44-14-41-26(35)16(3)4)47-48(37,38)42-12-20-22(32)23(33)24(45-20)29-10-9-21(31)30(27(29)36)11-18-17-7-5-6-8-19(17)46-28-18/h5-10,15-16,20,22-24,32-33H,11-14H2,1-4H3,(H,37,38)/t20-,22-,23-,24-/m1/s1. The molecule has 0 spiro atoms. The molecule has 3 aromatic rings. The number of fused-ring (bicyclic) bond motifs is 1. The molecule has 1 unspecified atom stereocenters.